The summed E-state index contributed by atoms with van der Waals surface area (Å²) < 4.78 is 72.3. The number of sulfonamides is 1. The number of alkyl halides is 3. The van der Waals surface area contributed by atoms with Gasteiger partial charge in [0.1, 0.15) is 5.75 Å². The number of aromatic nitrogens is 2. The Morgan fingerprint density at radius 2 is 2.03 bits per heavy atom. The molecule has 13 heteroatoms. The fraction of sp³-hybridized carbons (Fsp3) is 0.500. The van der Waals surface area contributed by atoms with E-state index in [9.17, 15) is 26.4 Å². The molecule has 0 aliphatic carbocycles. The topological polar surface area (TPSA) is 115 Å². The first-order valence-corrected chi connectivity index (χ1v) is 11.0. The number of halogens is 3. The van der Waals surface area contributed by atoms with Gasteiger partial charge in [-0.05, 0) is 44.0 Å². The first kappa shape index (κ1) is 23.0. The Kier molecular flexibility index (Phi) is 6.84. The second-order valence-electron chi connectivity index (χ2n) is 7.03. The highest BCUT2D eigenvalue weighted by Crippen LogP contribution is 2.26. The lowest BCUT2D eigenvalue weighted by Gasteiger charge is -2.31. The summed E-state index contributed by atoms with van der Waals surface area (Å²) in [5, 5.41) is 3.76. The van der Waals surface area contributed by atoms with Crippen LogP contribution in [0.25, 0.3) is 0 Å². The summed E-state index contributed by atoms with van der Waals surface area (Å²) in [6.45, 7) is 2.52. The molecule has 1 fully saturated rings. The predicted molar refractivity (Wildman–Crippen MR) is 101 cm³/mol. The molecule has 3 rings (SSSR count). The number of aryl methyl sites for hydroxylation is 1. The van der Waals surface area contributed by atoms with E-state index in [1.54, 1.807) is 11.8 Å². The highest BCUT2D eigenvalue weighted by atomic mass is 32.2. The number of piperidine rings is 1. The Morgan fingerprint density at radius 3 is 2.65 bits per heavy atom. The molecule has 0 radical (unpaired) electrons. The summed E-state index contributed by atoms with van der Waals surface area (Å²) in [6, 6.07) is 3.79. The van der Waals surface area contributed by atoms with Crippen molar-refractivity contribution in [2.75, 3.05) is 19.6 Å². The zero-order chi connectivity index (χ0) is 22.6. The largest absolute Gasteiger partial charge is 0.573 e. The third-order valence-corrected chi connectivity index (χ3v) is 6.14. The van der Waals surface area contributed by atoms with Crippen molar-refractivity contribution in [1.82, 2.24) is 19.8 Å². The molecule has 0 spiro atoms. The highest BCUT2D eigenvalue weighted by molar-refractivity contribution is 7.89. The first-order chi connectivity index (χ1) is 14.5. The van der Waals surface area contributed by atoms with E-state index in [1.807, 2.05) is 0 Å². The Morgan fingerprint density at radius 1 is 1.32 bits per heavy atom. The molecule has 0 bridgehead atoms. The molecule has 1 aliphatic rings. The number of carbonyl (C=O) groups is 1. The van der Waals surface area contributed by atoms with Gasteiger partial charge in [-0.25, -0.2) is 13.1 Å². The van der Waals surface area contributed by atoms with Crippen molar-refractivity contribution < 1.29 is 35.6 Å². The molecule has 1 N–H and O–H groups in total. The second kappa shape index (κ2) is 9.22. The van der Waals surface area contributed by atoms with Crippen LogP contribution >= 0.6 is 0 Å². The van der Waals surface area contributed by atoms with Gasteiger partial charge < -0.3 is 14.2 Å². The second-order valence-corrected chi connectivity index (χ2v) is 8.79. The van der Waals surface area contributed by atoms with E-state index in [-0.39, 0.29) is 29.7 Å². The molecule has 1 unspecified atom stereocenters. The fourth-order valence-electron chi connectivity index (χ4n) is 3.24. The van der Waals surface area contributed by atoms with Gasteiger partial charge in [-0.2, -0.15) is 4.98 Å². The lowest BCUT2D eigenvalue weighted by atomic mass is 9.97. The lowest BCUT2D eigenvalue weighted by molar-refractivity contribution is -0.274. The zero-order valence-corrected chi connectivity index (χ0v) is 17.4. The molecule has 0 saturated carbocycles. The number of nitrogens with zero attached hydrogens (tertiary/aromatic N) is 3. The molecule has 1 saturated heterocycles. The first-order valence-electron chi connectivity index (χ1n) is 9.47. The monoisotopic (exact) mass is 462 g/mol. The van der Waals surface area contributed by atoms with Gasteiger partial charge in [-0.3, -0.25) is 4.79 Å². The summed E-state index contributed by atoms with van der Waals surface area (Å²) in [7, 11) is -3.99. The summed E-state index contributed by atoms with van der Waals surface area (Å²) in [6.07, 6.45) is -3.36. The van der Waals surface area contributed by atoms with Crippen LogP contribution in [0.3, 0.4) is 0 Å². The minimum atomic E-state index is -4.87. The Bertz CT molecular complexity index is 1010. The van der Waals surface area contributed by atoms with Gasteiger partial charge in [0.25, 0.3) is 0 Å². The SMILES string of the molecule is Cc1noc(C2CCCN(C(=O)CCNS(=O)(=O)c3ccc(OC(F)(F)F)cc3)C2)n1. The molecular formula is C18H21F3N4O5S. The number of hydrogen-bond donors (Lipinski definition) is 1. The van der Waals surface area contributed by atoms with Gasteiger partial charge in [0.05, 0.1) is 10.8 Å². The van der Waals surface area contributed by atoms with Crippen molar-refractivity contribution in [3.63, 3.8) is 0 Å². The summed E-state index contributed by atoms with van der Waals surface area (Å²) in [5.41, 5.74) is 0. The maximum Gasteiger partial charge on any atom is 0.573 e. The fourth-order valence-corrected chi connectivity index (χ4v) is 4.27. The Labute approximate surface area is 176 Å². The number of likely N-dealkylation sites (tertiary alicyclic amines) is 1. The maximum absolute atomic E-state index is 12.5. The minimum Gasteiger partial charge on any atom is -0.406 e. The van der Waals surface area contributed by atoms with Crippen molar-refractivity contribution in [3.8, 4) is 5.75 Å². The minimum absolute atomic E-state index is 0.0620. The van der Waals surface area contributed by atoms with Crippen LogP contribution in [-0.4, -0.2) is 55.4 Å². The van der Waals surface area contributed by atoms with Gasteiger partial charge in [-0.1, -0.05) is 5.16 Å². The van der Waals surface area contributed by atoms with Gasteiger partial charge in [0.2, 0.25) is 21.8 Å². The summed E-state index contributed by atoms with van der Waals surface area (Å²) in [4.78, 5) is 18.1. The number of rotatable bonds is 7. The van der Waals surface area contributed by atoms with Crippen LogP contribution in [0.15, 0.2) is 33.7 Å². The molecule has 1 amide bonds. The molecule has 1 aromatic carbocycles. The van der Waals surface area contributed by atoms with E-state index in [4.69, 9.17) is 4.52 Å². The Balaban J connectivity index is 1.51. The normalized spacial score (nSPS) is 17.5. The number of hydrogen-bond acceptors (Lipinski definition) is 7. The van der Waals surface area contributed by atoms with Crippen LogP contribution in [-0.2, 0) is 14.8 Å². The molecular weight excluding hydrogens is 441 g/mol. The van der Waals surface area contributed by atoms with Crippen LogP contribution in [0.2, 0.25) is 0 Å². The van der Waals surface area contributed by atoms with E-state index in [1.165, 1.54) is 0 Å². The van der Waals surface area contributed by atoms with Crippen molar-refractivity contribution in [3.05, 3.63) is 36.0 Å². The third kappa shape index (κ3) is 6.40. The molecule has 2 heterocycles. The standard InChI is InChI=1S/C18H21F3N4O5S/c1-12-23-17(30-24-12)13-3-2-10-25(11-13)16(26)8-9-22-31(27,28)15-6-4-14(5-7-15)29-18(19,20)21/h4-7,13,22H,2-3,8-11H2,1H3. The number of amides is 1. The van der Waals surface area contributed by atoms with Crippen molar-refractivity contribution >= 4 is 15.9 Å². The molecule has 170 valence electrons. The summed E-state index contributed by atoms with van der Waals surface area (Å²) in [5.74, 6) is 0.183. The predicted octanol–water partition coefficient (Wildman–Crippen LogP) is 2.35. The van der Waals surface area contributed by atoms with Crippen LogP contribution in [0.4, 0.5) is 13.2 Å². The molecule has 1 atom stereocenters. The van der Waals surface area contributed by atoms with Crippen LogP contribution < -0.4 is 9.46 Å². The number of carbonyl (C=O) groups excluding carboxylic acids is 1. The molecule has 1 aliphatic heterocycles. The maximum atomic E-state index is 12.5. The van der Waals surface area contributed by atoms with Crippen LogP contribution in [0, 0.1) is 6.92 Å². The number of nitrogens with one attached hydrogen (secondary N) is 1. The average molecular weight is 462 g/mol. The molecule has 1 aromatic heterocycles. The molecule has 2 aromatic rings. The van der Waals surface area contributed by atoms with E-state index in [0.717, 1.165) is 37.1 Å². The van der Waals surface area contributed by atoms with Crippen LogP contribution in [0.1, 0.15) is 36.9 Å². The van der Waals surface area contributed by atoms with Gasteiger partial charge in [0, 0.05) is 26.1 Å². The van der Waals surface area contributed by atoms with Gasteiger partial charge in [-0.15, -0.1) is 13.2 Å². The van der Waals surface area contributed by atoms with Crippen molar-refractivity contribution in [2.24, 2.45) is 0 Å². The van der Waals surface area contributed by atoms with Crippen molar-refractivity contribution in [1.29, 1.82) is 0 Å². The van der Waals surface area contributed by atoms with E-state index >= 15 is 0 Å². The van der Waals surface area contributed by atoms with Gasteiger partial charge >= 0.3 is 6.36 Å². The number of benzene rings is 1. The lowest BCUT2D eigenvalue weighted by Crippen LogP contribution is -2.40. The number of ether oxygens (including phenoxy) is 1. The zero-order valence-electron chi connectivity index (χ0n) is 16.6. The Hall–Kier alpha value is -2.67. The van der Waals surface area contributed by atoms with E-state index in [0.29, 0.717) is 24.8 Å². The van der Waals surface area contributed by atoms with E-state index < -0.39 is 22.1 Å². The third-order valence-electron chi connectivity index (χ3n) is 4.67. The highest BCUT2D eigenvalue weighted by Gasteiger charge is 2.31. The van der Waals surface area contributed by atoms with Gasteiger partial charge in [0.15, 0.2) is 5.82 Å². The molecule has 31 heavy (non-hydrogen) atoms. The van der Waals surface area contributed by atoms with E-state index in [2.05, 4.69) is 19.6 Å². The quantitative estimate of drug-likeness (QED) is 0.672. The average Bonchev–Trinajstić information content (AvgIpc) is 3.13. The summed E-state index contributed by atoms with van der Waals surface area (Å²) >= 11 is 0. The van der Waals surface area contributed by atoms with Crippen LogP contribution in [0.5, 0.6) is 5.75 Å². The molecule has 9 nitrogen and oxygen atoms in total. The van der Waals surface area contributed by atoms with Crippen molar-refractivity contribution in [2.45, 2.75) is 43.4 Å². The smallest absolute Gasteiger partial charge is 0.406 e.